The summed E-state index contributed by atoms with van der Waals surface area (Å²) < 4.78 is 50.5. The fourth-order valence-electron chi connectivity index (χ4n) is 1.98. The standard InChI is InChI=1S/C16H16FNO5S/c1-3-23-16(19)12-6-4-5-7-14(12)18-24(20,21)11-8-9-15(22-2)13(17)10-11/h4-10,18H,3H2,1-2H3. The molecule has 8 heteroatoms. The molecular formula is C16H16FNO5S. The highest BCUT2D eigenvalue weighted by Crippen LogP contribution is 2.24. The molecule has 128 valence electrons. The maximum absolute atomic E-state index is 13.7. The van der Waals surface area contributed by atoms with Gasteiger partial charge < -0.3 is 9.47 Å². The van der Waals surface area contributed by atoms with Gasteiger partial charge in [0.15, 0.2) is 11.6 Å². The zero-order valence-corrected chi connectivity index (χ0v) is 13.9. The molecule has 0 aliphatic rings. The van der Waals surface area contributed by atoms with Crippen LogP contribution in [-0.4, -0.2) is 28.1 Å². The molecule has 0 saturated heterocycles. The number of hydrogen-bond donors (Lipinski definition) is 1. The number of methoxy groups -OCH3 is 1. The molecule has 0 aliphatic heterocycles. The van der Waals surface area contributed by atoms with Gasteiger partial charge in [0.05, 0.1) is 29.9 Å². The number of benzene rings is 2. The SMILES string of the molecule is CCOC(=O)c1ccccc1NS(=O)(=O)c1ccc(OC)c(F)c1. The number of nitrogens with one attached hydrogen (secondary N) is 1. The molecule has 0 spiro atoms. The van der Waals surface area contributed by atoms with Gasteiger partial charge in [0.1, 0.15) is 0 Å². The zero-order chi connectivity index (χ0) is 17.7. The Labute approximate surface area is 139 Å². The summed E-state index contributed by atoms with van der Waals surface area (Å²) in [4.78, 5) is 11.6. The van der Waals surface area contributed by atoms with Gasteiger partial charge in [-0.25, -0.2) is 17.6 Å². The highest BCUT2D eigenvalue weighted by Gasteiger charge is 2.20. The van der Waals surface area contributed by atoms with E-state index in [-0.39, 0.29) is 28.5 Å². The van der Waals surface area contributed by atoms with E-state index in [1.165, 1.54) is 31.4 Å². The van der Waals surface area contributed by atoms with Crippen LogP contribution in [0.5, 0.6) is 5.75 Å². The van der Waals surface area contributed by atoms with E-state index in [4.69, 9.17) is 9.47 Å². The monoisotopic (exact) mass is 353 g/mol. The van der Waals surface area contributed by atoms with E-state index >= 15 is 0 Å². The van der Waals surface area contributed by atoms with Crippen molar-refractivity contribution in [2.75, 3.05) is 18.4 Å². The Morgan fingerprint density at radius 2 is 1.92 bits per heavy atom. The topological polar surface area (TPSA) is 81.7 Å². The van der Waals surface area contributed by atoms with Gasteiger partial charge in [0.2, 0.25) is 0 Å². The first kappa shape index (κ1) is 17.7. The quantitative estimate of drug-likeness (QED) is 0.808. The maximum Gasteiger partial charge on any atom is 0.340 e. The van der Waals surface area contributed by atoms with Crippen LogP contribution >= 0.6 is 0 Å². The summed E-state index contributed by atoms with van der Waals surface area (Å²) in [6.45, 7) is 1.80. The molecule has 0 radical (unpaired) electrons. The Balaban J connectivity index is 2.36. The molecule has 6 nitrogen and oxygen atoms in total. The van der Waals surface area contributed by atoms with Crippen molar-refractivity contribution in [2.45, 2.75) is 11.8 Å². The van der Waals surface area contributed by atoms with Gasteiger partial charge in [-0.15, -0.1) is 0 Å². The number of carbonyl (C=O) groups excluding carboxylic acids is 1. The Hall–Kier alpha value is -2.61. The fourth-order valence-corrected chi connectivity index (χ4v) is 3.07. The number of rotatable bonds is 6. The Kier molecular flexibility index (Phi) is 5.40. The van der Waals surface area contributed by atoms with Crippen molar-refractivity contribution in [3.8, 4) is 5.75 Å². The van der Waals surface area contributed by atoms with E-state index in [9.17, 15) is 17.6 Å². The van der Waals surface area contributed by atoms with Crippen LogP contribution in [0.2, 0.25) is 0 Å². The summed E-state index contributed by atoms with van der Waals surface area (Å²) in [6, 6.07) is 9.26. The molecule has 0 bridgehead atoms. The number of halogens is 1. The Bertz CT molecular complexity index is 851. The van der Waals surface area contributed by atoms with Gasteiger partial charge in [-0.2, -0.15) is 0 Å². The maximum atomic E-state index is 13.7. The summed E-state index contributed by atoms with van der Waals surface area (Å²) in [5.41, 5.74) is 0.115. The number of carbonyl (C=O) groups is 1. The molecule has 0 fully saturated rings. The molecule has 0 heterocycles. The van der Waals surface area contributed by atoms with Crippen LogP contribution in [0.1, 0.15) is 17.3 Å². The second kappa shape index (κ2) is 7.31. The van der Waals surface area contributed by atoms with Gasteiger partial charge in [-0.3, -0.25) is 4.72 Å². The van der Waals surface area contributed by atoms with E-state index in [1.807, 2.05) is 0 Å². The average Bonchev–Trinajstić information content (AvgIpc) is 2.55. The van der Waals surface area contributed by atoms with Crippen molar-refractivity contribution < 1.29 is 27.1 Å². The summed E-state index contributed by atoms with van der Waals surface area (Å²) in [5, 5.41) is 0. The Morgan fingerprint density at radius 1 is 1.21 bits per heavy atom. The van der Waals surface area contributed by atoms with Crippen LogP contribution in [0, 0.1) is 5.82 Å². The van der Waals surface area contributed by atoms with Crippen LogP contribution in [0.15, 0.2) is 47.4 Å². The van der Waals surface area contributed by atoms with Crippen molar-refractivity contribution >= 4 is 21.7 Å². The number of sulfonamides is 1. The van der Waals surface area contributed by atoms with E-state index in [1.54, 1.807) is 19.1 Å². The van der Waals surface area contributed by atoms with Gasteiger partial charge in [-0.05, 0) is 37.3 Å². The van der Waals surface area contributed by atoms with E-state index in [0.29, 0.717) is 0 Å². The molecule has 0 saturated carbocycles. The molecule has 2 aromatic rings. The lowest BCUT2D eigenvalue weighted by Crippen LogP contribution is -2.16. The third-order valence-corrected chi connectivity index (χ3v) is 4.46. The molecule has 24 heavy (non-hydrogen) atoms. The fraction of sp³-hybridized carbons (Fsp3) is 0.188. The first-order valence-electron chi connectivity index (χ1n) is 7.01. The molecule has 0 aromatic heterocycles. The first-order valence-corrected chi connectivity index (χ1v) is 8.50. The highest BCUT2D eigenvalue weighted by atomic mass is 32.2. The van der Waals surface area contributed by atoms with E-state index in [0.717, 1.165) is 6.07 Å². The molecular weight excluding hydrogens is 337 g/mol. The minimum Gasteiger partial charge on any atom is -0.494 e. The van der Waals surface area contributed by atoms with Crippen LogP contribution in [0.3, 0.4) is 0 Å². The highest BCUT2D eigenvalue weighted by molar-refractivity contribution is 7.92. The zero-order valence-electron chi connectivity index (χ0n) is 13.1. The lowest BCUT2D eigenvalue weighted by molar-refractivity contribution is 0.0527. The first-order chi connectivity index (χ1) is 11.4. The summed E-state index contributed by atoms with van der Waals surface area (Å²) in [7, 11) is -2.81. The van der Waals surface area contributed by atoms with E-state index < -0.39 is 21.8 Å². The van der Waals surface area contributed by atoms with Crippen molar-refractivity contribution in [3.05, 3.63) is 53.8 Å². The molecule has 2 rings (SSSR count). The third kappa shape index (κ3) is 3.83. The Morgan fingerprint density at radius 3 is 2.54 bits per heavy atom. The van der Waals surface area contributed by atoms with Crippen LogP contribution in [0.25, 0.3) is 0 Å². The second-order valence-electron chi connectivity index (χ2n) is 4.67. The van der Waals surface area contributed by atoms with Gasteiger partial charge in [0, 0.05) is 0 Å². The van der Waals surface area contributed by atoms with Crippen LogP contribution in [0.4, 0.5) is 10.1 Å². The van der Waals surface area contributed by atoms with Gasteiger partial charge >= 0.3 is 5.97 Å². The van der Waals surface area contributed by atoms with Gasteiger partial charge in [-0.1, -0.05) is 12.1 Å². The number of hydrogen-bond acceptors (Lipinski definition) is 5. The number of anilines is 1. The normalized spacial score (nSPS) is 11.0. The predicted molar refractivity (Wildman–Crippen MR) is 86.2 cm³/mol. The predicted octanol–water partition coefficient (Wildman–Crippen LogP) is 2.81. The molecule has 0 aliphatic carbocycles. The number of esters is 1. The largest absolute Gasteiger partial charge is 0.494 e. The minimum atomic E-state index is -4.09. The lowest BCUT2D eigenvalue weighted by atomic mass is 10.2. The summed E-state index contributed by atoms with van der Waals surface area (Å²) in [5.74, 6) is -1.53. The molecule has 1 N–H and O–H groups in total. The molecule has 0 atom stereocenters. The van der Waals surface area contributed by atoms with Crippen LogP contribution < -0.4 is 9.46 Å². The second-order valence-corrected chi connectivity index (χ2v) is 6.35. The molecule has 2 aromatic carbocycles. The number of ether oxygens (including phenoxy) is 2. The summed E-state index contributed by atoms with van der Waals surface area (Å²) >= 11 is 0. The van der Waals surface area contributed by atoms with Crippen LogP contribution in [-0.2, 0) is 14.8 Å². The van der Waals surface area contributed by atoms with Crippen molar-refractivity contribution in [3.63, 3.8) is 0 Å². The molecule has 0 unspecified atom stereocenters. The molecule has 0 amide bonds. The smallest absolute Gasteiger partial charge is 0.340 e. The lowest BCUT2D eigenvalue weighted by Gasteiger charge is -2.12. The van der Waals surface area contributed by atoms with Gasteiger partial charge in [0.25, 0.3) is 10.0 Å². The average molecular weight is 353 g/mol. The van der Waals surface area contributed by atoms with Crippen molar-refractivity contribution in [1.82, 2.24) is 0 Å². The summed E-state index contributed by atoms with van der Waals surface area (Å²) in [6.07, 6.45) is 0. The van der Waals surface area contributed by atoms with E-state index in [2.05, 4.69) is 4.72 Å². The minimum absolute atomic E-state index is 0.0483. The number of para-hydroxylation sites is 1. The van der Waals surface area contributed by atoms with Crippen molar-refractivity contribution in [2.24, 2.45) is 0 Å². The van der Waals surface area contributed by atoms with Crippen molar-refractivity contribution in [1.29, 1.82) is 0 Å². The third-order valence-electron chi connectivity index (χ3n) is 3.10.